The number of para-hydroxylation sites is 1. The summed E-state index contributed by atoms with van der Waals surface area (Å²) in [5.74, 6) is 1.27. The number of furan rings is 1. The monoisotopic (exact) mass is 426 g/mol. The largest absolute Gasteiger partial charge is 0.497 e. The standard InChI is InChI=1S/C25H22N4O3/c1-17(30)29-23(15-22(26-29)24-12-7-13-32-24)21-16-28(19-9-4-3-5-10-19)27-25(21)18-8-6-11-20(14-18)31-2/h3-14,16,23H,15H2,1-2H3/t23-/m0/s1. The summed E-state index contributed by atoms with van der Waals surface area (Å²) in [6.07, 6.45) is 4.12. The third-order valence-corrected chi connectivity index (χ3v) is 5.50. The van der Waals surface area contributed by atoms with Gasteiger partial charge in [0, 0.05) is 30.7 Å². The number of benzene rings is 2. The molecule has 0 bridgehead atoms. The van der Waals surface area contributed by atoms with Crippen molar-refractivity contribution in [2.24, 2.45) is 5.10 Å². The highest BCUT2D eigenvalue weighted by atomic mass is 16.5. The first kappa shape index (κ1) is 19.8. The quantitative estimate of drug-likeness (QED) is 0.458. The van der Waals surface area contributed by atoms with Gasteiger partial charge in [0.25, 0.3) is 0 Å². The van der Waals surface area contributed by atoms with Gasteiger partial charge < -0.3 is 9.15 Å². The number of hydrogen-bond donors (Lipinski definition) is 0. The highest BCUT2D eigenvalue weighted by Gasteiger charge is 2.35. The molecule has 1 amide bonds. The Kier molecular flexibility index (Phi) is 5.07. The minimum absolute atomic E-state index is 0.138. The summed E-state index contributed by atoms with van der Waals surface area (Å²) in [7, 11) is 1.64. The van der Waals surface area contributed by atoms with Gasteiger partial charge in [-0.3, -0.25) is 4.79 Å². The number of nitrogens with zero attached hydrogens (tertiary/aromatic N) is 4. The van der Waals surface area contributed by atoms with Crippen LogP contribution in [-0.4, -0.2) is 33.5 Å². The van der Waals surface area contributed by atoms with Crippen LogP contribution in [0.5, 0.6) is 5.75 Å². The van der Waals surface area contributed by atoms with E-state index in [0.717, 1.165) is 34.0 Å². The van der Waals surface area contributed by atoms with Gasteiger partial charge in [-0.25, -0.2) is 9.69 Å². The number of hydrazone groups is 1. The van der Waals surface area contributed by atoms with E-state index in [1.165, 1.54) is 11.9 Å². The van der Waals surface area contributed by atoms with Crippen molar-refractivity contribution in [2.75, 3.05) is 7.11 Å². The molecule has 0 N–H and O–H groups in total. The van der Waals surface area contributed by atoms with Crippen molar-refractivity contribution in [3.63, 3.8) is 0 Å². The van der Waals surface area contributed by atoms with Crippen LogP contribution in [0.3, 0.4) is 0 Å². The fraction of sp³-hybridized carbons (Fsp3) is 0.160. The molecule has 1 atom stereocenters. The lowest BCUT2D eigenvalue weighted by molar-refractivity contribution is -0.130. The van der Waals surface area contributed by atoms with Crippen molar-refractivity contribution >= 4 is 11.6 Å². The van der Waals surface area contributed by atoms with E-state index >= 15 is 0 Å². The molecule has 7 nitrogen and oxygen atoms in total. The average Bonchev–Trinajstić information content (AvgIpc) is 3.58. The van der Waals surface area contributed by atoms with Crippen molar-refractivity contribution < 1.29 is 13.9 Å². The molecule has 2 aromatic heterocycles. The number of carbonyl (C=O) groups excluding carboxylic acids is 1. The van der Waals surface area contributed by atoms with E-state index in [4.69, 9.17) is 14.3 Å². The van der Waals surface area contributed by atoms with E-state index < -0.39 is 0 Å². The van der Waals surface area contributed by atoms with Crippen molar-refractivity contribution in [2.45, 2.75) is 19.4 Å². The zero-order valence-electron chi connectivity index (χ0n) is 17.8. The molecule has 0 unspecified atom stereocenters. The van der Waals surface area contributed by atoms with Gasteiger partial charge in [-0.1, -0.05) is 30.3 Å². The molecule has 0 fully saturated rings. The van der Waals surface area contributed by atoms with Crippen LogP contribution >= 0.6 is 0 Å². The zero-order valence-corrected chi connectivity index (χ0v) is 17.8. The normalized spacial score (nSPS) is 15.6. The van der Waals surface area contributed by atoms with Crippen molar-refractivity contribution in [3.8, 4) is 22.7 Å². The Balaban J connectivity index is 1.63. The maximum atomic E-state index is 12.5. The van der Waals surface area contributed by atoms with Crippen LogP contribution < -0.4 is 4.74 Å². The Labute approximate surface area is 185 Å². The molecule has 2 aromatic carbocycles. The fourth-order valence-corrected chi connectivity index (χ4v) is 3.97. The van der Waals surface area contributed by atoms with Crippen molar-refractivity contribution in [1.82, 2.24) is 14.8 Å². The highest BCUT2D eigenvalue weighted by molar-refractivity contribution is 6.01. The minimum atomic E-state index is -0.300. The Bertz CT molecular complexity index is 1280. The number of aromatic nitrogens is 2. The van der Waals surface area contributed by atoms with E-state index in [-0.39, 0.29) is 11.9 Å². The molecular formula is C25H22N4O3. The molecule has 160 valence electrons. The molecule has 0 radical (unpaired) electrons. The topological polar surface area (TPSA) is 72.9 Å². The predicted octanol–water partition coefficient (Wildman–Crippen LogP) is 4.84. The molecule has 4 aromatic rings. The van der Waals surface area contributed by atoms with Crippen LogP contribution in [-0.2, 0) is 4.79 Å². The van der Waals surface area contributed by atoms with Gasteiger partial charge in [-0.2, -0.15) is 10.2 Å². The second kappa shape index (κ2) is 8.19. The lowest BCUT2D eigenvalue weighted by Gasteiger charge is -2.20. The van der Waals surface area contributed by atoms with E-state index in [1.54, 1.807) is 13.4 Å². The lowest BCUT2D eigenvalue weighted by atomic mass is 9.98. The summed E-state index contributed by atoms with van der Waals surface area (Å²) in [4.78, 5) is 12.5. The van der Waals surface area contributed by atoms with Crippen LogP contribution in [0.25, 0.3) is 16.9 Å². The smallest absolute Gasteiger partial charge is 0.240 e. The van der Waals surface area contributed by atoms with Crippen molar-refractivity contribution in [3.05, 3.63) is 90.5 Å². The lowest BCUT2D eigenvalue weighted by Crippen LogP contribution is -2.24. The summed E-state index contributed by atoms with van der Waals surface area (Å²) in [5.41, 5.74) is 4.26. The first-order chi connectivity index (χ1) is 15.6. The van der Waals surface area contributed by atoms with Gasteiger partial charge in [0.1, 0.15) is 17.2 Å². The molecule has 0 aliphatic carbocycles. The van der Waals surface area contributed by atoms with Gasteiger partial charge >= 0.3 is 0 Å². The third kappa shape index (κ3) is 3.58. The van der Waals surface area contributed by atoms with Gasteiger partial charge in [-0.15, -0.1) is 0 Å². The minimum Gasteiger partial charge on any atom is -0.497 e. The highest BCUT2D eigenvalue weighted by Crippen LogP contribution is 2.39. The Morgan fingerprint density at radius 3 is 2.66 bits per heavy atom. The first-order valence-electron chi connectivity index (χ1n) is 10.3. The van der Waals surface area contributed by atoms with Gasteiger partial charge in [0.15, 0.2) is 0 Å². The summed E-state index contributed by atoms with van der Waals surface area (Å²) in [5, 5.41) is 11.0. The third-order valence-electron chi connectivity index (χ3n) is 5.50. The van der Waals surface area contributed by atoms with E-state index in [2.05, 4.69) is 5.10 Å². The Hall–Kier alpha value is -4.13. The van der Waals surface area contributed by atoms with Crippen LogP contribution in [0.15, 0.2) is 88.7 Å². The predicted molar refractivity (Wildman–Crippen MR) is 121 cm³/mol. The number of carbonyl (C=O) groups is 1. The number of amides is 1. The van der Waals surface area contributed by atoms with Crippen LogP contribution in [0.1, 0.15) is 30.7 Å². The number of methoxy groups -OCH3 is 1. The van der Waals surface area contributed by atoms with Crippen LogP contribution in [0.4, 0.5) is 0 Å². The molecule has 7 heteroatoms. The maximum absolute atomic E-state index is 12.5. The van der Waals surface area contributed by atoms with E-state index in [0.29, 0.717) is 12.2 Å². The van der Waals surface area contributed by atoms with Gasteiger partial charge in [-0.05, 0) is 36.4 Å². The molecule has 0 spiro atoms. The van der Waals surface area contributed by atoms with E-state index in [9.17, 15) is 4.79 Å². The average molecular weight is 426 g/mol. The second-order valence-corrected chi connectivity index (χ2v) is 7.55. The van der Waals surface area contributed by atoms with Crippen LogP contribution in [0.2, 0.25) is 0 Å². The molecule has 32 heavy (non-hydrogen) atoms. The summed E-state index contributed by atoms with van der Waals surface area (Å²) >= 11 is 0. The molecular weight excluding hydrogens is 404 g/mol. The Morgan fingerprint density at radius 1 is 1.09 bits per heavy atom. The second-order valence-electron chi connectivity index (χ2n) is 7.55. The maximum Gasteiger partial charge on any atom is 0.240 e. The van der Waals surface area contributed by atoms with Crippen LogP contribution in [0, 0.1) is 0 Å². The van der Waals surface area contributed by atoms with Crippen molar-refractivity contribution in [1.29, 1.82) is 0 Å². The summed E-state index contributed by atoms with van der Waals surface area (Å²) in [6, 6.07) is 21.0. The zero-order chi connectivity index (χ0) is 22.1. The molecule has 1 aliphatic rings. The fourth-order valence-electron chi connectivity index (χ4n) is 3.97. The SMILES string of the molecule is COc1cccc(-c2nn(-c3ccccc3)cc2[C@@H]2CC(c3ccco3)=NN2C(C)=O)c1. The summed E-state index contributed by atoms with van der Waals surface area (Å²) < 4.78 is 12.8. The Morgan fingerprint density at radius 2 is 1.94 bits per heavy atom. The molecule has 0 saturated carbocycles. The first-order valence-corrected chi connectivity index (χ1v) is 10.3. The number of hydrogen-bond acceptors (Lipinski definition) is 5. The molecule has 5 rings (SSSR count). The molecule has 3 heterocycles. The molecule has 1 aliphatic heterocycles. The van der Waals surface area contributed by atoms with E-state index in [1.807, 2.05) is 77.6 Å². The summed E-state index contributed by atoms with van der Waals surface area (Å²) in [6.45, 7) is 1.52. The number of rotatable bonds is 5. The van der Waals surface area contributed by atoms with Gasteiger partial charge in [0.2, 0.25) is 5.91 Å². The van der Waals surface area contributed by atoms with Gasteiger partial charge in [0.05, 0.1) is 30.8 Å². The molecule has 0 saturated heterocycles. The number of ether oxygens (including phenoxy) is 1.